The van der Waals surface area contributed by atoms with E-state index in [1.807, 2.05) is 18.4 Å². The summed E-state index contributed by atoms with van der Waals surface area (Å²) in [5.74, 6) is -4.61. The smallest absolute Gasteiger partial charge is 0.262 e. The molecule has 0 heterocycles. The van der Waals surface area contributed by atoms with Crippen LogP contribution in [0.2, 0.25) is 0 Å². The Hall–Kier alpha value is -2.15. The molecule has 0 aromatic heterocycles. The number of amides is 1. The molecule has 7 heteroatoms. The Morgan fingerprint density at radius 3 is 2.41 bits per heavy atom. The van der Waals surface area contributed by atoms with E-state index in [9.17, 15) is 18.0 Å². The van der Waals surface area contributed by atoms with Crippen LogP contribution in [0.5, 0.6) is 5.75 Å². The molecule has 1 N–H and O–H groups in total. The highest BCUT2D eigenvalue weighted by molar-refractivity contribution is 7.98. The Kier molecular flexibility index (Phi) is 5.32. The molecular weight excluding hydrogens is 315 g/mol. The molecule has 0 aliphatic heterocycles. The molecule has 2 rings (SSSR count). The van der Waals surface area contributed by atoms with E-state index < -0.39 is 29.0 Å². The highest BCUT2D eigenvalue weighted by Crippen LogP contribution is 2.20. The molecule has 22 heavy (non-hydrogen) atoms. The van der Waals surface area contributed by atoms with Crippen molar-refractivity contribution in [3.05, 3.63) is 53.8 Å². The van der Waals surface area contributed by atoms with E-state index in [4.69, 9.17) is 4.74 Å². The molecule has 0 saturated carbocycles. The maximum atomic E-state index is 13.4. The third kappa shape index (κ3) is 3.94. The van der Waals surface area contributed by atoms with Gasteiger partial charge in [0, 0.05) is 4.90 Å². The predicted octanol–water partition coefficient (Wildman–Crippen LogP) is 3.84. The molecule has 0 fully saturated rings. The van der Waals surface area contributed by atoms with Crippen LogP contribution in [0.4, 0.5) is 18.9 Å². The average molecular weight is 327 g/mol. The van der Waals surface area contributed by atoms with Gasteiger partial charge in [-0.15, -0.1) is 11.8 Å². The van der Waals surface area contributed by atoms with E-state index in [2.05, 4.69) is 5.32 Å². The quantitative estimate of drug-likeness (QED) is 0.670. The normalized spacial score (nSPS) is 10.4. The lowest BCUT2D eigenvalue weighted by Gasteiger charge is -2.09. The minimum atomic E-state index is -1.63. The van der Waals surface area contributed by atoms with Crippen molar-refractivity contribution in [2.75, 3.05) is 18.2 Å². The van der Waals surface area contributed by atoms with E-state index in [0.29, 0.717) is 5.75 Å². The van der Waals surface area contributed by atoms with E-state index >= 15 is 0 Å². The predicted molar refractivity (Wildman–Crippen MR) is 78.7 cm³/mol. The summed E-state index contributed by atoms with van der Waals surface area (Å²) >= 11 is 1.57. The highest BCUT2D eigenvalue weighted by atomic mass is 32.2. The second-order valence-corrected chi connectivity index (χ2v) is 5.11. The number of carbonyl (C=O) groups is 1. The zero-order valence-corrected chi connectivity index (χ0v) is 12.3. The highest BCUT2D eigenvalue weighted by Gasteiger charge is 2.15. The van der Waals surface area contributed by atoms with E-state index in [-0.39, 0.29) is 6.61 Å². The summed E-state index contributed by atoms with van der Waals surface area (Å²) in [5.41, 5.74) is -0.440. The Morgan fingerprint density at radius 1 is 1.09 bits per heavy atom. The van der Waals surface area contributed by atoms with Crippen molar-refractivity contribution in [2.24, 2.45) is 0 Å². The monoisotopic (exact) mass is 327 g/mol. The number of thioether (sulfide) groups is 1. The van der Waals surface area contributed by atoms with Gasteiger partial charge in [0.25, 0.3) is 5.91 Å². The first-order valence-electron chi connectivity index (χ1n) is 6.21. The maximum Gasteiger partial charge on any atom is 0.262 e. The van der Waals surface area contributed by atoms with Gasteiger partial charge < -0.3 is 10.1 Å². The summed E-state index contributed by atoms with van der Waals surface area (Å²) < 4.78 is 44.4. The lowest BCUT2D eigenvalue weighted by Crippen LogP contribution is -2.21. The van der Waals surface area contributed by atoms with Gasteiger partial charge in [-0.2, -0.15) is 0 Å². The van der Waals surface area contributed by atoms with Crippen LogP contribution in [-0.4, -0.2) is 18.8 Å². The Bertz CT molecular complexity index is 677. The average Bonchev–Trinajstić information content (AvgIpc) is 2.54. The van der Waals surface area contributed by atoms with Crippen molar-refractivity contribution < 1.29 is 22.7 Å². The largest absolute Gasteiger partial charge is 0.484 e. The molecule has 0 radical (unpaired) electrons. The minimum absolute atomic E-state index is 0.378. The fourth-order valence-corrected chi connectivity index (χ4v) is 2.04. The molecular formula is C15H12F3NO2S. The van der Waals surface area contributed by atoms with Gasteiger partial charge in [0.15, 0.2) is 24.1 Å². The number of hydrogen-bond donors (Lipinski definition) is 1. The third-order valence-corrected chi connectivity index (χ3v) is 3.48. The first-order chi connectivity index (χ1) is 10.5. The topological polar surface area (TPSA) is 38.3 Å². The van der Waals surface area contributed by atoms with Crippen LogP contribution in [0.3, 0.4) is 0 Å². The number of rotatable bonds is 5. The Balaban J connectivity index is 1.94. The molecule has 0 atom stereocenters. The number of anilines is 1. The van der Waals surface area contributed by atoms with Crippen LogP contribution >= 0.6 is 11.8 Å². The maximum absolute atomic E-state index is 13.4. The SMILES string of the molecule is CSc1ccc(OCC(=O)Nc2ccc(F)c(F)c2F)cc1. The van der Waals surface area contributed by atoms with Crippen molar-refractivity contribution in [3.8, 4) is 5.75 Å². The minimum Gasteiger partial charge on any atom is -0.484 e. The van der Waals surface area contributed by atoms with Crippen LogP contribution < -0.4 is 10.1 Å². The second kappa shape index (κ2) is 7.22. The molecule has 0 spiro atoms. The number of benzene rings is 2. The molecule has 0 aliphatic carbocycles. The van der Waals surface area contributed by atoms with Crippen molar-refractivity contribution in [3.63, 3.8) is 0 Å². The van der Waals surface area contributed by atoms with Crippen molar-refractivity contribution >= 4 is 23.4 Å². The van der Waals surface area contributed by atoms with E-state index in [0.717, 1.165) is 17.0 Å². The zero-order chi connectivity index (χ0) is 16.1. The summed E-state index contributed by atoms with van der Waals surface area (Å²) in [7, 11) is 0. The van der Waals surface area contributed by atoms with Crippen LogP contribution in [0.1, 0.15) is 0 Å². The number of hydrogen-bond acceptors (Lipinski definition) is 3. The zero-order valence-electron chi connectivity index (χ0n) is 11.5. The fraction of sp³-hybridized carbons (Fsp3) is 0.133. The molecule has 0 aliphatic rings. The lowest BCUT2D eigenvalue weighted by atomic mass is 10.3. The van der Waals surface area contributed by atoms with Crippen molar-refractivity contribution in [1.29, 1.82) is 0 Å². The molecule has 116 valence electrons. The van der Waals surface area contributed by atoms with E-state index in [1.165, 1.54) is 0 Å². The van der Waals surface area contributed by atoms with Gasteiger partial charge in [0.2, 0.25) is 0 Å². The Morgan fingerprint density at radius 2 is 1.77 bits per heavy atom. The van der Waals surface area contributed by atoms with Crippen LogP contribution in [0.15, 0.2) is 41.3 Å². The summed E-state index contributed by atoms with van der Waals surface area (Å²) in [6.45, 7) is -0.378. The molecule has 0 unspecified atom stereocenters. The molecule has 1 amide bonds. The van der Waals surface area contributed by atoms with Crippen LogP contribution in [-0.2, 0) is 4.79 Å². The molecule has 0 saturated heterocycles. The standard InChI is InChI=1S/C15H12F3NO2S/c1-22-10-4-2-9(3-5-10)21-8-13(20)19-12-7-6-11(16)14(17)15(12)18/h2-7H,8H2,1H3,(H,19,20). The van der Waals surface area contributed by atoms with Gasteiger partial charge >= 0.3 is 0 Å². The van der Waals surface area contributed by atoms with Gasteiger partial charge in [-0.05, 0) is 42.7 Å². The number of carbonyl (C=O) groups excluding carboxylic acids is 1. The first kappa shape index (κ1) is 16.2. The van der Waals surface area contributed by atoms with Gasteiger partial charge in [0.05, 0.1) is 5.69 Å². The molecule has 3 nitrogen and oxygen atoms in total. The van der Waals surface area contributed by atoms with Gasteiger partial charge in [-0.3, -0.25) is 4.79 Å². The summed E-state index contributed by atoms with van der Waals surface area (Å²) in [6.07, 6.45) is 1.93. The van der Waals surface area contributed by atoms with Gasteiger partial charge in [-0.25, -0.2) is 13.2 Å². The van der Waals surface area contributed by atoms with Crippen LogP contribution in [0, 0.1) is 17.5 Å². The summed E-state index contributed by atoms with van der Waals surface area (Å²) in [6, 6.07) is 8.71. The first-order valence-corrected chi connectivity index (χ1v) is 7.44. The number of nitrogens with one attached hydrogen (secondary N) is 1. The van der Waals surface area contributed by atoms with Crippen LogP contribution in [0.25, 0.3) is 0 Å². The summed E-state index contributed by atoms with van der Waals surface area (Å²) in [4.78, 5) is 12.7. The fourth-order valence-electron chi connectivity index (χ4n) is 1.63. The lowest BCUT2D eigenvalue weighted by molar-refractivity contribution is -0.118. The third-order valence-electron chi connectivity index (χ3n) is 2.74. The number of halogens is 3. The van der Waals surface area contributed by atoms with Gasteiger partial charge in [-0.1, -0.05) is 0 Å². The van der Waals surface area contributed by atoms with E-state index in [1.54, 1.807) is 23.9 Å². The molecule has 2 aromatic rings. The van der Waals surface area contributed by atoms with Crippen molar-refractivity contribution in [1.82, 2.24) is 0 Å². The molecule has 2 aromatic carbocycles. The van der Waals surface area contributed by atoms with Gasteiger partial charge in [0.1, 0.15) is 5.75 Å². The summed E-state index contributed by atoms with van der Waals surface area (Å²) in [5, 5.41) is 2.12. The molecule has 0 bridgehead atoms. The Labute approximate surface area is 129 Å². The number of ether oxygens (including phenoxy) is 1. The van der Waals surface area contributed by atoms with Crippen molar-refractivity contribution in [2.45, 2.75) is 4.90 Å². The second-order valence-electron chi connectivity index (χ2n) is 4.24.